The minimum atomic E-state index is 0.877. The summed E-state index contributed by atoms with van der Waals surface area (Å²) in [6, 6.07) is 0. The van der Waals surface area contributed by atoms with E-state index in [0.29, 0.717) is 0 Å². The zero-order chi connectivity index (χ0) is 13.5. The van der Waals surface area contributed by atoms with Gasteiger partial charge in [-0.2, -0.15) is 0 Å². The number of rotatable bonds is 7. The van der Waals surface area contributed by atoms with Gasteiger partial charge in [-0.15, -0.1) is 0 Å². The molecule has 0 saturated carbocycles. The second kappa shape index (κ2) is 7.16. The Kier molecular flexibility index (Phi) is 5.85. The normalized spacial score (nSPS) is 10.8. The largest absolute Gasteiger partial charge is 0.370 e. The van der Waals surface area contributed by atoms with Crippen molar-refractivity contribution >= 4 is 11.6 Å². The second-order valence-corrected chi connectivity index (χ2v) is 4.78. The van der Waals surface area contributed by atoms with Crippen LogP contribution in [0, 0.1) is 6.92 Å². The van der Waals surface area contributed by atoms with Crippen LogP contribution in [0.25, 0.3) is 0 Å². The maximum absolute atomic E-state index is 4.38. The first-order chi connectivity index (χ1) is 8.56. The third-order valence-electron chi connectivity index (χ3n) is 2.86. The third kappa shape index (κ3) is 4.14. The quantitative estimate of drug-likeness (QED) is 0.797. The molecule has 102 valence electrons. The van der Waals surface area contributed by atoms with Crippen molar-refractivity contribution in [1.82, 2.24) is 14.9 Å². The molecule has 0 aliphatic heterocycles. The summed E-state index contributed by atoms with van der Waals surface area (Å²) in [5.41, 5.74) is 1.12. The molecule has 0 radical (unpaired) electrons. The minimum Gasteiger partial charge on any atom is -0.370 e. The van der Waals surface area contributed by atoms with E-state index in [9.17, 15) is 0 Å². The molecule has 1 heterocycles. The maximum Gasteiger partial charge on any atom is 0.136 e. The SMILES string of the molecule is CCNc1ncnc(N(C)CCCN(C)C)c1C. The fourth-order valence-corrected chi connectivity index (χ4v) is 1.90. The van der Waals surface area contributed by atoms with E-state index in [2.05, 4.69) is 60.1 Å². The lowest BCUT2D eigenvalue weighted by Gasteiger charge is -2.22. The first-order valence-electron chi connectivity index (χ1n) is 6.47. The molecule has 1 rings (SSSR count). The Balaban J connectivity index is 2.67. The van der Waals surface area contributed by atoms with Crippen molar-refractivity contribution < 1.29 is 0 Å². The third-order valence-corrected chi connectivity index (χ3v) is 2.86. The van der Waals surface area contributed by atoms with Crippen molar-refractivity contribution in [3.63, 3.8) is 0 Å². The van der Waals surface area contributed by atoms with Crippen LogP contribution in [0.3, 0.4) is 0 Å². The van der Waals surface area contributed by atoms with Crippen LogP contribution in [0.1, 0.15) is 18.9 Å². The molecular weight excluding hydrogens is 226 g/mol. The van der Waals surface area contributed by atoms with Gasteiger partial charge in [-0.05, 0) is 40.9 Å². The fraction of sp³-hybridized carbons (Fsp3) is 0.692. The van der Waals surface area contributed by atoms with Gasteiger partial charge in [-0.1, -0.05) is 0 Å². The van der Waals surface area contributed by atoms with Gasteiger partial charge >= 0.3 is 0 Å². The Hall–Kier alpha value is -1.36. The van der Waals surface area contributed by atoms with E-state index in [4.69, 9.17) is 0 Å². The zero-order valence-electron chi connectivity index (χ0n) is 12.2. The van der Waals surface area contributed by atoms with Crippen LogP contribution in [-0.4, -0.2) is 55.6 Å². The van der Waals surface area contributed by atoms with Crippen LogP contribution in [-0.2, 0) is 0 Å². The van der Waals surface area contributed by atoms with Gasteiger partial charge in [-0.25, -0.2) is 9.97 Å². The maximum atomic E-state index is 4.38. The summed E-state index contributed by atoms with van der Waals surface area (Å²) < 4.78 is 0. The van der Waals surface area contributed by atoms with Crippen LogP contribution in [0.2, 0.25) is 0 Å². The van der Waals surface area contributed by atoms with Crippen molar-refractivity contribution in [2.24, 2.45) is 0 Å². The molecule has 0 aliphatic carbocycles. The average molecular weight is 251 g/mol. The van der Waals surface area contributed by atoms with Crippen molar-refractivity contribution in [2.45, 2.75) is 20.3 Å². The molecule has 5 nitrogen and oxygen atoms in total. The summed E-state index contributed by atoms with van der Waals surface area (Å²) in [5.74, 6) is 1.95. The summed E-state index contributed by atoms with van der Waals surface area (Å²) in [6.07, 6.45) is 2.76. The van der Waals surface area contributed by atoms with Crippen molar-refractivity contribution in [3.05, 3.63) is 11.9 Å². The fourth-order valence-electron chi connectivity index (χ4n) is 1.90. The smallest absolute Gasteiger partial charge is 0.136 e. The summed E-state index contributed by atoms with van der Waals surface area (Å²) in [4.78, 5) is 13.0. The lowest BCUT2D eigenvalue weighted by Crippen LogP contribution is -2.25. The average Bonchev–Trinajstić information content (AvgIpc) is 2.31. The molecule has 0 aliphatic rings. The predicted octanol–water partition coefficient (Wildman–Crippen LogP) is 1.60. The van der Waals surface area contributed by atoms with Gasteiger partial charge < -0.3 is 15.1 Å². The van der Waals surface area contributed by atoms with Crippen LogP contribution in [0.4, 0.5) is 11.6 Å². The number of hydrogen-bond donors (Lipinski definition) is 1. The van der Waals surface area contributed by atoms with E-state index in [1.807, 2.05) is 0 Å². The summed E-state index contributed by atoms with van der Waals surface area (Å²) in [7, 11) is 6.28. The standard InChI is InChI=1S/C13H25N5/c1-6-14-12-11(2)13(16-10-15-12)18(5)9-7-8-17(3)4/h10H,6-9H2,1-5H3,(H,14,15,16). The molecule has 0 saturated heterocycles. The number of anilines is 2. The van der Waals surface area contributed by atoms with Gasteiger partial charge in [0.2, 0.25) is 0 Å². The molecule has 1 aromatic heterocycles. The Morgan fingerprint density at radius 3 is 2.50 bits per heavy atom. The molecule has 5 heteroatoms. The highest BCUT2D eigenvalue weighted by atomic mass is 15.2. The van der Waals surface area contributed by atoms with Gasteiger partial charge in [0.25, 0.3) is 0 Å². The van der Waals surface area contributed by atoms with Crippen LogP contribution >= 0.6 is 0 Å². The number of nitrogens with zero attached hydrogens (tertiary/aromatic N) is 4. The van der Waals surface area contributed by atoms with Gasteiger partial charge in [-0.3, -0.25) is 0 Å². The lowest BCUT2D eigenvalue weighted by molar-refractivity contribution is 0.401. The topological polar surface area (TPSA) is 44.3 Å². The number of aromatic nitrogens is 2. The van der Waals surface area contributed by atoms with E-state index in [1.54, 1.807) is 6.33 Å². The second-order valence-electron chi connectivity index (χ2n) is 4.78. The Morgan fingerprint density at radius 2 is 1.89 bits per heavy atom. The molecule has 18 heavy (non-hydrogen) atoms. The lowest BCUT2D eigenvalue weighted by atomic mass is 10.2. The highest BCUT2D eigenvalue weighted by molar-refractivity contribution is 5.57. The zero-order valence-corrected chi connectivity index (χ0v) is 12.2. The first-order valence-corrected chi connectivity index (χ1v) is 6.47. The summed E-state index contributed by atoms with van der Waals surface area (Å²) in [5, 5.41) is 3.26. The van der Waals surface area contributed by atoms with Gasteiger partial charge in [0.1, 0.15) is 18.0 Å². The van der Waals surface area contributed by atoms with E-state index in [-0.39, 0.29) is 0 Å². The van der Waals surface area contributed by atoms with E-state index in [1.165, 1.54) is 0 Å². The summed E-state index contributed by atoms with van der Waals surface area (Å²) in [6.45, 7) is 7.11. The van der Waals surface area contributed by atoms with Crippen LogP contribution in [0.15, 0.2) is 6.33 Å². The van der Waals surface area contributed by atoms with E-state index < -0.39 is 0 Å². The van der Waals surface area contributed by atoms with E-state index in [0.717, 1.165) is 43.3 Å². The van der Waals surface area contributed by atoms with Crippen LogP contribution < -0.4 is 10.2 Å². The molecule has 0 aromatic carbocycles. The Morgan fingerprint density at radius 1 is 1.17 bits per heavy atom. The van der Waals surface area contributed by atoms with Crippen molar-refractivity contribution in [2.75, 3.05) is 51.0 Å². The Labute approximate surface area is 110 Å². The molecule has 0 fully saturated rings. The monoisotopic (exact) mass is 251 g/mol. The van der Waals surface area contributed by atoms with Crippen molar-refractivity contribution in [3.8, 4) is 0 Å². The first kappa shape index (κ1) is 14.7. The molecule has 0 unspecified atom stereocenters. The highest BCUT2D eigenvalue weighted by Crippen LogP contribution is 2.20. The van der Waals surface area contributed by atoms with Gasteiger partial charge in [0.15, 0.2) is 0 Å². The summed E-state index contributed by atoms with van der Waals surface area (Å²) >= 11 is 0. The molecule has 0 bridgehead atoms. The van der Waals surface area contributed by atoms with E-state index >= 15 is 0 Å². The van der Waals surface area contributed by atoms with Crippen LogP contribution in [0.5, 0.6) is 0 Å². The Bertz CT molecular complexity index is 364. The highest BCUT2D eigenvalue weighted by Gasteiger charge is 2.10. The number of hydrogen-bond acceptors (Lipinski definition) is 5. The molecule has 0 spiro atoms. The molecule has 0 amide bonds. The van der Waals surface area contributed by atoms with Crippen molar-refractivity contribution in [1.29, 1.82) is 0 Å². The predicted molar refractivity (Wildman–Crippen MR) is 77.4 cm³/mol. The molecule has 1 N–H and O–H groups in total. The molecular formula is C13H25N5. The minimum absolute atomic E-state index is 0.877. The molecule has 1 aromatic rings. The van der Waals surface area contributed by atoms with Gasteiger partial charge in [0, 0.05) is 25.7 Å². The molecule has 0 atom stereocenters. The number of nitrogens with one attached hydrogen (secondary N) is 1. The van der Waals surface area contributed by atoms with Gasteiger partial charge in [0.05, 0.1) is 0 Å².